The molecule has 7 nitrogen and oxygen atoms in total. The van der Waals surface area contributed by atoms with Gasteiger partial charge < -0.3 is 25.0 Å². The number of aryl methyl sites for hydroxylation is 1. The van der Waals surface area contributed by atoms with Gasteiger partial charge in [-0.15, -0.1) is 0 Å². The molecule has 0 radical (unpaired) electrons. The van der Waals surface area contributed by atoms with Crippen LogP contribution < -0.4 is 10.6 Å². The third-order valence-corrected chi connectivity index (χ3v) is 6.04. The van der Waals surface area contributed by atoms with E-state index in [0.29, 0.717) is 31.7 Å². The van der Waals surface area contributed by atoms with Gasteiger partial charge in [0.1, 0.15) is 0 Å². The first-order valence-corrected chi connectivity index (χ1v) is 11.8. The standard InChI is InChI=1S/C24H38N4O3/c1-4-25-23(27-21-12-14-28(15-13-21)24(29)30-5-2)26-17-20-7-6-16-31-22(20)19-10-8-18(3)9-11-19/h8-11,20-22H,4-7,12-17H2,1-3H3,(H2,25,26,27). The number of guanidine groups is 1. The molecule has 2 unspecified atom stereocenters. The van der Waals surface area contributed by atoms with Crippen molar-refractivity contribution >= 4 is 12.1 Å². The van der Waals surface area contributed by atoms with Crippen LogP contribution in [0, 0.1) is 12.8 Å². The van der Waals surface area contributed by atoms with E-state index in [1.807, 2.05) is 6.92 Å². The highest BCUT2D eigenvalue weighted by Gasteiger charge is 2.28. The van der Waals surface area contributed by atoms with Crippen molar-refractivity contribution in [1.82, 2.24) is 15.5 Å². The van der Waals surface area contributed by atoms with Crippen LogP contribution in [0.2, 0.25) is 0 Å². The lowest BCUT2D eigenvalue weighted by atomic mass is 9.89. The zero-order valence-electron chi connectivity index (χ0n) is 19.2. The lowest BCUT2D eigenvalue weighted by Gasteiger charge is -2.33. The van der Waals surface area contributed by atoms with Gasteiger partial charge in [-0.25, -0.2) is 4.79 Å². The number of amides is 1. The molecule has 2 heterocycles. The Labute approximate surface area is 186 Å². The summed E-state index contributed by atoms with van der Waals surface area (Å²) in [7, 11) is 0. The smallest absolute Gasteiger partial charge is 0.409 e. The molecule has 31 heavy (non-hydrogen) atoms. The fourth-order valence-corrected chi connectivity index (χ4v) is 4.30. The van der Waals surface area contributed by atoms with Crippen molar-refractivity contribution < 1.29 is 14.3 Å². The minimum Gasteiger partial charge on any atom is -0.450 e. The summed E-state index contributed by atoms with van der Waals surface area (Å²) in [5, 5.41) is 6.95. The summed E-state index contributed by atoms with van der Waals surface area (Å²) in [5.74, 6) is 1.22. The Bertz CT molecular complexity index is 714. The Morgan fingerprint density at radius 1 is 1.19 bits per heavy atom. The van der Waals surface area contributed by atoms with Crippen molar-refractivity contribution in [3.8, 4) is 0 Å². The minimum absolute atomic E-state index is 0.105. The van der Waals surface area contributed by atoms with Crippen LogP contribution in [-0.2, 0) is 9.47 Å². The molecule has 2 aliphatic heterocycles. The average Bonchev–Trinajstić information content (AvgIpc) is 2.79. The van der Waals surface area contributed by atoms with E-state index >= 15 is 0 Å². The number of nitrogens with zero attached hydrogens (tertiary/aromatic N) is 2. The van der Waals surface area contributed by atoms with Crippen LogP contribution in [0.15, 0.2) is 29.3 Å². The molecule has 0 aromatic heterocycles. The maximum Gasteiger partial charge on any atom is 0.409 e. The zero-order chi connectivity index (χ0) is 22.1. The summed E-state index contributed by atoms with van der Waals surface area (Å²) >= 11 is 0. The van der Waals surface area contributed by atoms with E-state index in [0.717, 1.165) is 51.3 Å². The van der Waals surface area contributed by atoms with Crippen molar-refractivity contribution in [2.45, 2.75) is 58.6 Å². The first kappa shape index (κ1) is 23.4. The fourth-order valence-electron chi connectivity index (χ4n) is 4.30. The number of ether oxygens (including phenoxy) is 2. The molecule has 172 valence electrons. The Hall–Kier alpha value is -2.28. The highest BCUT2D eigenvalue weighted by atomic mass is 16.6. The van der Waals surface area contributed by atoms with Gasteiger partial charge in [-0.3, -0.25) is 4.99 Å². The SMILES string of the molecule is CCNC(=NCC1CCCOC1c1ccc(C)cc1)NC1CCN(C(=O)OCC)CC1. The number of benzene rings is 1. The molecule has 2 aliphatic rings. The fraction of sp³-hybridized carbons (Fsp3) is 0.667. The number of likely N-dealkylation sites (tertiary alicyclic amines) is 1. The Morgan fingerprint density at radius 2 is 1.94 bits per heavy atom. The second-order valence-corrected chi connectivity index (χ2v) is 8.43. The Morgan fingerprint density at radius 3 is 2.61 bits per heavy atom. The summed E-state index contributed by atoms with van der Waals surface area (Å²) in [6.07, 6.45) is 3.89. The van der Waals surface area contributed by atoms with Crippen molar-refractivity contribution in [3.63, 3.8) is 0 Å². The number of hydrogen-bond donors (Lipinski definition) is 2. The zero-order valence-corrected chi connectivity index (χ0v) is 19.2. The van der Waals surface area contributed by atoms with Gasteiger partial charge in [0, 0.05) is 44.7 Å². The minimum atomic E-state index is -0.207. The molecule has 3 rings (SSSR count). The molecule has 2 fully saturated rings. The molecular weight excluding hydrogens is 392 g/mol. The van der Waals surface area contributed by atoms with E-state index in [4.69, 9.17) is 14.5 Å². The van der Waals surface area contributed by atoms with E-state index < -0.39 is 0 Å². The largest absolute Gasteiger partial charge is 0.450 e. The van der Waals surface area contributed by atoms with Crippen LogP contribution in [0.1, 0.15) is 56.8 Å². The summed E-state index contributed by atoms with van der Waals surface area (Å²) in [6.45, 7) is 10.2. The molecule has 0 spiro atoms. The molecule has 7 heteroatoms. The predicted octanol–water partition coefficient (Wildman–Crippen LogP) is 3.64. The summed E-state index contributed by atoms with van der Waals surface area (Å²) in [4.78, 5) is 18.6. The van der Waals surface area contributed by atoms with Gasteiger partial charge in [-0.05, 0) is 52.0 Å². The number of carbonyl (C=O) groups excluding carboxylic acids is 1. The van der Waals surface area contributed by atoms with Gasteiger partial charge in [0.05, 0.1) is 12.7 Å². The second kappa shape index (κ2) is 11.9. The normalized spacial score (nSPS) is 22.8. The summed E-state index contributed by atoms with van der Waals surface area (Å²) < 4.78 is 11.3. The van der Waals surface area contributed by atoms with Crippen molar-refractivity contribution in [2.24, 2.45) is 10.9 Å². The van der Waals surface area contributed by atoms with Gasteiger partial charge in [0.2, 0.25) is 0 Å². The van der Waals surface area contributed by atoms with Crippen LogP contribution in [0.3, 0.4) is 0 Å². The average molecular weight is 431 g/mol. The molecule has 0 bridgehead atoms. The number of nitrogens with one attached hydrogen (secondary N) is 2. The first-order chi connectivity index (χ1) is 15.1. The Kier molecular flexibility index (Phi) is 9.00. The molecule has 2 saturated heterocycles. The van der Waals surface area contributed by atoms with E-state index in [9.17, 15) is 4.79 Å². The third-order valence-electron chi connectivity index (χ3n) is 6.04. The van der Waals surface area contributed by atoms with Gasteiger partial charge >= 0.3 is 6.09 Å². The number of piperidine rings is 1. The highest BCUT2D eigenvalue weighted by Crippen LogP contribution is 2.34. The number of carbonyl (C=O) groups is 1. The molecule has 1 amide bonds. The first-order valence-electron chi connectivity index (χ1n) is 11.8. The Balaban J connectivity index is 1.57. The summed E-state index contributed by atoms with van der Waals surface area (Å²) in [6, 6.07) is 8.98. The number of hydrogen-bond acceptors (Lipinski definition) is 4. The lowest BCUT2D eigenvalue weighted by Crippen LogP contribution is -2.50. The summed E-state index contributed by atoms with van der Waals surface area (Å²) in [5.41, 5.74) is 2.51. The predicted molar refractivity (Wildman–Crippen MR) is 123 cm³/mol. The van der Waals surface area contributed by atoms with Crippen molar-refractivity contribution in [2.75, 3.05) is 39.4 Å². The van der Waals surface area contributed by atoms with Crippen LogP contribution in [-0.4, -0.2) is 62.4 Å². The third kappa shape index (κ3) is 6.86. The molecular formula is C24H38N4O3. The van der Waals surface area contributed by atoms with E-state index in [-0.39, 0.29) is 12.2 Å². The van der Waals surface area contributed by atoms with E-state index in [1.165, 1.54) is 11.1 Å². The van der Waals surface area contributed by atoms with Crippen LogP contribution in [0.5, 0.6) is 0 Å². The highest BCUT2D eigenvalue weighted by molar-refractivity contribution is 5.80. The second-order valence-electron chi connectivity index (χ2n) is 8.43. The van der Waals surface area contributed by atoms with Crippen molar-refractivity contribution in [3.05, 3.63) is 35.4 Å². The monoisotopic (exact) mass is 430 g/mol. The number of aliphatic imine (C=N–C) groups is 1. The lowest BCUT2D eigenvalue weighted by molar-refractivity contribution is -0.0250. The molecule has 2 atom stereocenters. The molecule has 0 saturated carbocycles. The number of rotatable bonds is 6. The van der Waals surface area contributed by atoms with Crippen molar-refractivity contribution in [1.29, 1.82) is 0 Å². The quantitative estimate of drug-likeness (QED) is 0.532. The van der Waals surface area contributed by atoms with Gasteiger partial charge in [0.25, 0.3) is 0 Å². The maximum atomic E-state index is 11.9. The maximum absolute atomic E-state index is 11.9. The molecule has 2 N–H and O–H groups in total. The van der Waals surface area contributed by atoms with Crippen LogP contribution in [0.4, 0.5) is 4.79 Å². The molecule has 0 aliphatic carbocycles. The van der Waals surface area contributed by atoms with Crippen LogP contribution >= 0.6 is 0 Å². The van der Waals surface area contributed by atoms with Gasteiger partial charge in [0.15, 0.2) is 5.96 Å². The van der Waals surface area contributed by atoms with Gasteiger partial charge in [-0.1, -0.05) is 29.8 Å². The molecule has 1 aromatic carbocycles. The topological polar surface area (TPSA) is 75.2 Å². The van der Waals surface area contributed by atoms with Gasteiger partial charge in [-0.2, -0.15) is 0 Å². The van der Waals surface area contributed by atoms with E-state index in [1.54, 1.807) is 4.90 Å². The molecule has 1 aromatic rings. The van der Waals surface area contributed by atoms with Crippen LogP contribution in [0.25, 0.3) is 0 Å². The van der Waals surface area contributed by atoms with E-state index in [2.05, 4.69) is 48.7 Å².